The SMILES string of the molecule is CCCC(CCC)C(=O)C=[N+]=[N-]. The number of rotatable bonds is 6. The third-order valence-electron chi connectivity index (χ3n) is 1.86. The molecule has 0 unspecified atom stereocenters. The van der Waals surface area contributed by atoms with Gasteiger partial charge in [0, 0.05) is 5.92 Å². The third kappa shape index (κ3) is 4.04. The first-order valence-corrected chi connectivity index (χ1v) is 4.47. The van der Waals surface area contributed by atoms with Gasteiger partial charge in [-0.2, -0.15) is 4.79 Å². The summed E-state index contributed by atoms with van der Waals surface area (Å²) in [5.41, 5.74) is 8.17. The van der Waals surface area contributed by atoms with E-state index in [1.54, 1.807) is 0 Å². The number of hydrogen-bond acceptors (Lipinski definition) is 1. The smallest absolute Gasteiger partial charge is 0.323 e. The molecule has 0 atom stereocenters. The first kappa shape index (κ1) is 11.1. The average Bonchev–Trinajstić information content (AvgIpc) is 2.04. The molecule has 12 heavy (non-hydrogen) atoms. The van der Waals surface area contributed by atoms with Gasteiger partial charge in [0.15, 0.2) is 0 Å². The Bertz CT molecular complexity index is 177. The molecule has 0 saturated carbocycles. The Morgan fingerprint density at radius 1 is 1.42 bits per heavy atom. The summed E-state index contributed by atoms with van der Waals surface area (Å²) < 4.78 is 0. The van der Waals surface area contributed by atoms with E-state index >= 15 is 0 Å². The van der Waals surface area contributed by atoms with Crippen LogP contribution in [0.5, 0.6) is 0 Å². The van der Waals surface area contributed by atoms with E-state index in [0.717, 1.165) is 31.9 Å². The van der Waals surface area contributed by atoms with Crippen LogP contribution in [-0.4, -0.2) is 16.8 Å². The number of ketones is 1. The molecule has 0 rings (SSSR count). The van der Waals surface area contributed by atoms with Crippen LogP contribution in [0, 0.1) is 5.92 Å². The van der Waals surface area contributed by atoms with Crippen molar-refractivity contribution in [3.05, 3.63) is 5.53 Å². The van der Waals surface area contributed by atoms with Crippen LogP contribution >= 0.6 is 0 Å². The van der Waals surface area contributed by atoms with E-state index in [2.05, 4.69) is 4.79 Å². The number of Topliss-reactive ketones (excluding diaryl/α,β-unsaturated/α-hetero) is 1. The van der Waals surface area contributed by atoms with Crippen LogP contribution in [-0.2, 0) is 4.79 Å². The minimum Gasteiger partial charge on any atom is -0.361 e. The third-order valence-corrected chi connectivity index (χ3v) is 1.86. The van der Waals surface area contributed by atoms with Crippen molar-refractivity contribution in [3.63, 3.8) is 0 Å². The fourth-order valence-electron chi connectivity index (χ4n) is 1.29. The Kier molecular flexibility index (Phi) is 6.21. The van der Waals surface area contributed by atoms with Gasteiger partial charge in [0.1, 0.15) is 0 Å². The molecule has 0 saturated heterocycles. The monoisotopic (exact) mass is 168 g/mol. The molecule has 3 nitrogen and oxygen atoms in total. The van der Waals surface area contributed by atoms with Crippen molar-refractivity contribution in [2.24, 2.45) is 5.92 Å². The van der Waals surface area contributed by atoms with Gasteiger partial charge in [-0.15, -0.1) is 0 Å². The second kappa shape index (κ2) is 6.74. The zero-order valence-corrected chi connectivity index (χ0v) is 7.79. The summed E-state index contributed by atoms with van der Waals surface area (Å²) in [7, 11) is 0. The summed E-state index contributed by atoms with van der Waals surface area (Å²) in [6.45, 7) is 4.10. The molecular weight excluding hydrogens is 152 g/mol. The van der Waals surface area contributed by atoms with E-state index in [0.29, 0.717) is 0 Å². The molecule has 0 spiro atoms. The maximum absolute atomic E-state index is 11.2. The topological polar surface area (TPSA) is 53.5 Å². The lowest BCUT2D eigenvalue weighted by Gasteiger charge is -2.07. The van der Waals surface area contributed by atoms with Gasteiger partial charge < -0.3 is 5.53 Å². The molecular formula is C9H16N2O. The van der Waals surface area contributed by atoms with Crippen LogP contribution in [0.2, 0.25) is 0 Å². The van der Waals surface area contributed by atoms with E-state index in [1.165, 1.54) is 0 Å². The fourth-order valence-corrected chi connectivity index (χ4v) is 1.29. The molecule has 3 heteroatoms. The quantitative estimate of drug-likeness (QED) is 0.340. The molecule has 0 aromatic carbocycles. The second-order valence-electron chi connectivity index (χ2n) is 2.92. The van der Waals surface area contributed by atoms with Crippen LogP contribution in [0.3, 0.4) is 0 Å². The highest BCUT2D eigenvalue weighted by molar-refractivity contribution is 6.26. The number of carbonyl (C=O) groups is 1. The molecule has 0 aliphatic rings. The Morgan fingerprint density at radius 3 is 2.25 bits per heavy atom. The highest BCUT2D eigenvalue weighted by Gasteiger charge is 2.17. The zero-order valence-electron chi connectivity index (χ0n) is 7.79. The molecule has 0 heterocycles. The Balaban J connectivity index is 4.07. The van der Waals surface area contributed by atoms with Gasteiger partial charge >= 0.3 is 6.21 Å². The Hall–Kier alpha value is -0.950. The molecule has 0 N–H and O–H groups in total. The summed E-state index contributed by atoms with van der Waals surface area (Å²) in [5.74, 6) is -0.00269. The predicted molar refractivity (Wildman–Crippen MR) is 48.0 cm³/mol. The van der Waals surface area contributed by atoms with E-state index in [1.807, 2.05) is 13.8 Å². The first-order chi connectivity index (χ1) is 5.76. The molecule has 0 aliphatic heterocycles. The van der Waals surface area contributed by atoms with Crippen molar-refractivity contribution in [1.29, 1.82) is 0 Å². The summed E-state index contributed by atoms with van der Waals surface area (Å²) >= 11 is 0. The van der Waals surface area contributed by atoms with Gasteiger partial charge in [-0.1, -0.05) is 26.7 Å². The van der Waals surface area contributed by atoms with Crippen molar-refractivity contribution >= 4 is 12.0 Å². The number of nitrogens with zero attached hydrogens (tertiary/aromatic N) is 2. The fraction of sp³-hybridized carbons (Fsp3) is 0.778. The molecule has 0 amide bonds. The number of hydrogen-bond donors (Lipinski definition) is 0. The highest BCUT2D eigenvalue weighted by atomic mass is 16.1. The van der Waals surface area contributed by atoms with Crippen molar-refractivity contribution in [2.45, 2.75) is 39.5 Å². The summed E-state index contributed by atoms with van der Waals surface area (Å²) in [6, 6.07) is 0. The van der Waals surface area contributed by atoms with Crippen LogP contribution in [0.25, 0.3) is 5.53 Å². The molecule has 0 aromatic heterocycles. The second-order valence-corrected chi connectivity index (χ2v) is 2.92. The van der Waals surface area contributed by atoms with Gasteiger partial charge in [0.05, 0.1) is 0 Å². The lowest BCUT2D eigenvalue weighted by Crippen LogP contribution is -2.15. The first-order valence-electron chi connectivity index (χ1n) is 4.47. The van der Waals surface area contributed by atoms with Crippen molar-refractivity contribution in [3.8, 4) is 0 Å². The Morgan fingerprint density at radius 2 is 1.92 bits per heavy atom. The summed E-state index contributed by atoms with van der Waals surface area (Å²) in [5, 5.41) is 0. The molecule has 0 radical (unpaired) electrons. The minimum absolute atomic E-state index is 0.0518. The molecule has 68 valence electrons. The largest absolute Gasteiger partial charge is 0.361 e. The van der Waals surface area contributed by atoms with Gasteiger partial charge in [0.25, 0.3) is 0 Å². The molecule has 0 aliphatic carbocycles. The van der Waals surface area contributed by atoms with Gasteiger partial charge in [-0.05, 0) is 12.8 Å². The number of carbonyl (C=O) groups excluding carboxylic acids is 1. The molecule has 0 aromatic rings. The zero-order chi connectivity index (χ0) is 9.40. The van der Waals surface area contributed by atoms with Gasteiger partial charge in [0.2, 0.25) is 5.78 Å². The van der Waals surface area contributed by atoms with Crippen molar-refractivity contribution in [1.82, 2.24) is 0 Å². The standard InChI is InChI=1S/C9H16N2O/c1-3-5-8(6-4-2)9(12)7-11-10/h7-8H,3-6H2,1-2H3. The lowest BCUT2D eigenvalue weighted by atomic mass is 9.94. The maximum Gasteiger partial charge on any atom is 0.323 e. The molecule has 0 fully saturated rings. The van der Waals surface area contributed by atoms with Gasteiger partial charge in [-0.25, -0.2) is 0 Å². The van der Waals surface area contributed by atoms with E-state index in [-0.39, 0.29) is 11.7 Å². The van der Waals surface area contributed by atoms with Crippen LogP contribution < -0.4 is 0 Å². The normalized spacial score (nSPS) is 9.58. The van der Waals surface area contributed by atoms with Crippen LogP contribution in [0.15, 0.2) is 0 Å². The van der Waals surface area contributed by atoms with E-state index in [4.69, 9.17) is 5.53 Å². The van der Waals surface area contributed by atoms with Crippen LogP contribution in [0.4, 0.5) is 0 Å². The Labute approximate surface area is 73.4 Å². The summed E-state index contributed by atoms with van der Waals surface area (Å²) in [4.78, 5) is 14.0. The van der Waals surface area contributed by atoms with Crippen LogP contribution in [0.1, 0.15) is 39.5 Å². The predicted octanol–water partition coefficient (Wildman–Crippen LogP) is 2.07. The summed E-state index contributed by atoms with van der Waals surface area (Å²) in [6.07, 6.45) is 4.78. The van der Waals surface area contributed by atoms with E-state index in [9.17, 15) is 4.79 Å². The van der Waals surface area contributed by atoms with Gasteiger partial charge in [-0.3, -0.25) is 4.79 Å². The lowest BCUT2D eigenvalue weighted by molar-refractivity contribution is -0.120. The van der Waals surface area contributed by atoms with E-state index < -0.39 is 0 Å². The highest BCUT2D eigenvalue weighted by Crippen LogP contribution is 2.13. The maximum atomic E-state index is 11.2. The minimum atomic E-state index is -0.0544. The van der Waals surface area contributed by atoms with Crippen molar-refractivity contribution in [2.75, 3.05) is 0 Å². The van der Waals surface area contributed by atoms with Crippen molar-refractivity contribution < 1.29 is 9.58 Å². The average molecular weight is 168 g/mol. The molecule has 0 bridgehead atoms.